The number of benzene rings is 1. The molecule has 7 heteroatoms. The summed E-state index contributed by atoms with van der Waals surface area (Å²) in [5, 5.41) is 1.04. The Labute approximate surface area is 153 Å². The summed E-state index contributed by atoms with van der Waals surface area (Å²) in [6.07, 6.45) is 1.92. The Kier molecular flexibility index (Phi) is 5.03. The molecule has 1 aliphatic heterocycles. The summed E-state index contributed by atoms with van der Waals surface area (Å²) in [5.74, 6) is 0.828. The third-order valence-electron chi connectivity index (χ3n) is 4.88. The number of anilines is 1. The number of carbonyl (C=O) groups is 1. The Hall–Kier alpha value is -2.02. The fraction of sp³-hybridized carbons (Fsp3) is 0.556. The van der Waals surface area contributed by atoms with Crippen molar-refractivity contribution in [1.29, 1.82) is 0 Å². The molecule has 136 valence electrons. The van der Waals surface area contributed by atoms with Gasteiger partial charge in [0.25, 0.3) is 0 Å². The lowest BCUT2D eigenvalue weighted by Crippen LogP contribution is -2.48. The molecule has 1 aliphatic rings. The van der Waals surface area contributed by atoms with E-state index in [0.717, 1.165) is 42.3 Å². The highest BCUT2D eigenvalue weighted by molar-refractivity contribution is 7.22. The van der Waals surface area contributed by atoms with Crippen LogP contribution >= 0.6 is 11.3 Å². The van der Waals surface area contributed by atoms with Gasteiger partial charge in [0, 0.05) is 40.3 Å². The van der Waals surface area contributed by atoms with E-state index in [0.29, 0.717) is 0 Å². The molecule has 6 nitrogen and oxygen atoms in total. The molecule has 0 saturated carbocycles. The first kappa shape index (κ1) is 17.8. The smallest absolute Gasteiger partial charge is 0.319 e. The highest BCUT2D eigenvalue weighted by atomic mass is 32.1. The number of nitrogens with zero attached hydrogens (tertiary/aromatic N) is 4. The van der Waals surface area contributed by atoms with E-state index in [1.165, 1.54) is 10.3 Å². The summed E-state index contributed by atoms with van der Waals surface area (Å²) in [6, 6.07) is 4.42. The van der Waals surface area contributed by atoms with E-state index in [2.05, 4.69) is 17.9 Å². The van der Waals surface area contributed by atoms with Gasteiger partial charge in [0.05, 0.1) is 11.8 Å². The molecule has 25 heavy (non-hydrogen) atoms. The molecule has 1 saturated heterocycles. The average Bonchev–Trinajstić information content (AvgIpc) is 3.07. The largest absolute Gasteiger partial charge is 0.494 e. The number of urea groups is 1. The number of carbonyl (C=O) groups excluding carboxylic acids is 1. The van der Waals surface area contributed by atoms with Crippen LogP contribution in [0.5, 0.6) is 5.75 Å². The number of rotatable bonds is 3. The van der Waals surface area contributed by atoms with Gasteiger partial charge in [-0.05, 0) is 31.4 Å². The second-order valence-electron chi connectivity index (χ2n) is 6.77. The van der Waals surface area contributed by atoms with Crippen molar-refractivity contribution in [2.24, 2.45) is 0 Å². The molecule has 1 fully saturated rings. The average molecular weight is 362 g/mol. The highest BCUT2D eigenvalue weighted by Gasteiger charge is 2.27. The summed E-state index contributed by atoms with van der Waals surface area (Å²) < 4.78 is 6.65. The van der Waals surface area contributed by atoms with Crippen LogP contribution in [0.2, 0.25) is 0 Å². The quantitative estimate of drug-likeness (QED) is 0.841. The lowest BCUT2D eigenvalue weighted by molar-refractivity contribution is 0.155. The number of hydrogen-bond acceptors (Lipinski definition) is 5. The van der Waals surface area contributed by atoms with Crippen LogP contribution in [-0.2, 0) is 0 Å². The van der Waals surface area contributed by atoms with Crippen molar-refractivity contribution in [3.8, 4) is 5.75 Å². The maximum absolute atomic E-state index is 12.1. The molecule has 1 aromatic heterocycles. The predicted molar refractivity (Wildman–Crippen MR) is 103 cm³/mol. The lowest BCUT2D eigenvalue weighted by atomic mass is 10.0. The number of amides is 2. The van der Waals surface area contributed by atoms with Crippen LogP contribution in [0.1, 0.15) is 18.4 Å². The standard InChI is InChI=1S/C18H26N4O2S/c1-12-6-7-14(24-5)15-16(12)25-17(19-15)22-10-8-13(9-11-22)21(4)18(23)20(2)3/h6-7,13H,8-11H2,1-5H3. The van der Waals surface area contributed by atoms with Crippen LogP contribution in [0, 0.1) is 6.92 Å². The van der Waals surface area contributed by atoms with E-state index in [1.54, 1.807) is 37.4 Å². The van der Waals surface area contributed by atoms with Gasteiger partial charge >= 0.3 is 6.03 Å². The highest BCUT2D eigenvalue weighted by Crippen LogP contribution is 2.37. The van der Waals surface area contributed by atoms with Crippen molar-refractivity contribution in [1.82, 2.24) is 14.8 Å². The molecular weight excluding hydrogens is 336 g/mol. The van der Waals surface area contributed by atoms with E-state index >= 15 is 0 Å². The zero-order chi connectivity index (χ0) is 18.1. The van der Waals surface area contributed by atoms with E-state index < -0.39 is 0 Å². The SMILES string of the molecule is COc1ccc(C)c2sc(N3CCC(N(C)C(=O)N(C)C)CC3)nc12. The molecule has 0 radical (unpaired) electrons. The number of aromatic nitrogens is 1. The lowest BCUT2D eigenvalue weighted by Gasteiger charge is -2.37. The van der Waals surface area contributed by atoms with Gasteiger partial charge in [0.1, 0.15) is 11.3 Å². The van der Waals surface area contributed by atoms with Gasteiger partial charge < -0.3 is 19.4 Å². The summed E-state index contributed by atoms with van der Waals surface area (Å²) in [4.78, 5) is 22.8. The number of methoxy groups -OCH3 is 1. The molecule has 0 atom stereocenters. The molecule has 0 bridgehead atoms. The predicted octanol–water partition coefficient (Wildman–Crippen LogP) is 3.20. The minimum Gasteiger partial charge on any atom is -0.494 e. The molecule has 2 amide bonds. The van der Waals surface area contributed by atoms with Crippen molar-refractivity contribution < 1.29 is 9.53 Å². The van der Waals surface area contributed by atoms with Gasteiger partial charge in [0.2, 0.25) is 0 Å². The van der Waals surface area contributed by atoms with Gasteiger partial charge in [0.15, 0.2) is 5.13 Å². The molecule has 0 spiro atoms. The summed E-state index contributed by atoms with van der Waals surface area (Å²) >= 11 is 1.73. The molecule has 0 aliphatic carbocycles. The Morgan fingerprint density at radius 1 is 1.28 bits per heavy atom. The fourth-order valence-electron chi connectivity index (χ4n) is 3.31. The van der Waals surface area contributed by atoms with Crippen molar-refractivity contribution in [3.63, 3.8) is 0 Å². The Morgan fingerprint density at radius 3 is 2.56 bits per heavy atom. The second kappa shape index (κ2) is 7.07. The zero-order valence-electron chi connectivity index (χ0n) is 15.6. The van der Waals surface area contributed by atoms with E-state index in [9.17, 15) is 4.79 Å². The van der Waals surface area contributed by atoms with Gasteiger partial charge in [-0.25, -0.2) is 9.78 Å². The van der Waals surface area contributed by atoms with Gasteiger partial charge in [-0.15, -0.1) is 0 Å². The van der Waals surface area contributed by atoms with Crippen molar-refractivity contribution in [2.75, 3.05) is 46.2 Å². The minimum atomic E-state index is 0.0683. The van der Waals surface area contributed by atoms with Crippen LogP contribution in [0.4, 0.5) is 9.93 Å². The molecule has 0 unspecified atom stereocenters. The summed E-state index contributed by atoms with van der Waals surface area (Å²) in [5.41, 5.74) is 2.18. The first-order valence-electron chi connectivity index (χ1n) is 8.55. The molecular formula is C18H26N4O2S. The van der Waals surface area contributed by atoms with E-state index in [1.807, 2.05) is 18.0 Å². The number of aryl methyl sites for hydroxylation is 1. The Morgan fingerprint density at radius 2 is 1.96 bits per heavy atom. The van der Waals surface area contributed by atoms with Gasteiger partial charge in [-0.2, -0.15) is 0 Å². The number of hydrogen-bond donors (Lipinski definition) is 0. The maximum Gasteiger partial charge on any atom is 0.319 e. The first-order valence-corrected chi connectivity index (χ1v) is 9.37. The maximum atomic E-state index is 12.1. The Balaban J connectivity index is 1.74. The Bertz CT molecular complexity index is 766. The molecule has 0 N–H and O–H groups in total. The number of piperidine rings is 1. The van der Waals surface area contributed by atoms with Crippen molar-refractivity contribution in [3.05, 3.63) is 17.7 Å². The van der Waals surface area contributed by atoms with Crippen LogP contribution in [-0.4, -0.2) is 68.2 Å². The molecule has 1 aromatic carbocycles. The van der Waals surface area contributed by atoms with E-state index in [-0.39, 0.29) is 12.1 Å². The number of thiazole rings is 1. The normalized spacial score (nSPS) is 15.5. The van der Waals surface area contributed by atoms with E-state index in [4.69, 9.17) is 9.72 Å². The monoisotopic (exact) mass is 362 g/mol. The minimum absolute atomic E-state index is 0.0683. The summed E-state index contributed by atoms with van der Waals surface area (Å²) in [6.45, 7) is 3.94. The molecule has 2 heterocycles. The van der Waals surface area contributed by atoms with Crippen LogP contribution in [0.15, 0.2) is 12.1 Å². The van der Waals surface area contributed by atoms with Crippen molar-refractivity contribution >= 4 is 32.7 Å². The van der Waals surface area contributed by atoms with Crippen molar-refractivity contribution in [2.45, 2.75) is 25.8 Å². The first-order chi connectivity index (χ1) is 11.9. The topological polar surface area (TPSA) is 48.9 Å². The second-order valence-corrected chi connectivity index (χ2v) is 7.74. The van der Waals surface area contributed by atoms with Crippen LogP contribution in [0.3, 0.4) is 0 Å². The molecule has 3 rings (SSSR count). The van der Waals surface area contributed by atoms with Gasteiger partial charge in [-0.1, -0.05) is 17.4 Å². The fourth-order valence-corrected chi connectivity index (χ4v) is 4.42. The van der Waals surface area contributed by atoms with Crippen LogP contribution < -0.4 is 9.64 Å². The van der Waals surface area contributed by atoms with Crippen LogP contribution in [0.25, 0.3) is 10.2 Å². The third kappa shape index (κ3) is 3.38. The summed E-state index contributed by atoms with van der Waals surface area (Å²) in [7, 11) is 7.18. The third-order valence-corrected chi connectivity index (χ3v) is 6.13. The number of fused-ring (bicyclic) bond motifs is 1. The van der Waals surface area contributed by atoms with Gasteiger partial charge in [-0.3, -0.25) is 0 Å². The molecule has 2 aromatic rings. The zero-order valence-corrected chi connectivity index (χ0v) is 16.4. The number of ether oxygens (including phenoxy) is 1.